The van der Waals surface area contributed by atoms with Crippen molar-refractivity contribution < 1.29 is 4.39 Å². The van der Waals surface area contributed by atoms with Crippen LogP contribution >= 0.6 is 0 Å². The third-order valence-corrected chi connectivity index (χ3v) is 3.62. The standard InChI is InChI=1S/C17H22FN3/c1-5-19-10-11(2)16-12(3)20-17(21-13(16)4)14-6-8-15(18)9-7-14/h6-9,11,19H,5,10H2,1-4H3. The summed E-state index contributed by atoms with van der Waals surface area (Å²) in [7, 11) is 0. The van der Waals surface area contributed by atoms with E-state index in [0.717, 1.165) is 30.0 Å². The van der Waals surface area contributed by atoms with Crippen LogP contribution in [0, 0.1) is 19.7 Å². The van der Waals surface area contributed by atoms with Crippen LogP contribution in [0.4, 0.5) is 4.39 Å². The third-order valence-electron chi connectivity index (χ3n) is 3.62. The Morgan fingerprint density at radius 3 is 2.19 bits per heavy atom. The molecule has 0 radical (unpaired) electrons. The number of aryl methyl sites for hydroxylation is 2. The van der Waals surface area contributed by atoms with Crippen LogP contribution in [0.5, 0.6) is 0 Å². The molecule has 1 unspecified atom stereocenters. The van der Waals surface area contributed by atoms with E-state index in [-0.39, 0.29) is 5.82 Å². The van der Waals surface area contributed by atoms with Gasteiger partial charge in [-0.2, -0.15) is 0 Å². The van der Waals surface area contributed by atoms with Gasteiger partial charge in [-0.1, -0.05) is 13.8 Å². The van der Waals surface area contributed by atoms with E-state index in [1.165, 1.54) is 17.7 Å². The lowest BCUT2D eigenvalue weighted by molar-refractivity contribution is 0.624. The summed E-state index contributed by atoms with van der Waals surface area (Å²) in [4.78, 5) is 9.20. The Labute approximate surface area is 125 Å². The van der Waals surface area contributed by atoms with E-state index in [1.807, 2.05) is 13.8 Å². The Balaban J connectivity index is 2.34. The minimum atomic E-state index is -0.247. The molecular weight excluding hydrogens is 265 g/mol. The molecule has 3 nitrogen and oxygen atoms in total. The highest BCUT2D eigenvalue weighted by atomic mass is 19.1. The number of nitrogens with one attached hydrogen (secondary N) is 1. The summed E-state index contributed by atoms with van der Waals surface area (Å²) in [6.45, 7) is 10.2. The van der Waals surface area contributed by atoms with E-state index < -0.39 is 0 Å². The first-order valence-corrected chi connectivity index (χ1v) is 7.34. The minimum absolute atomic E-state index is 0.247. The molecule has 0 fully saturated rings. The van der Waals surface area contributed by atoms with Gasteiger partial charge >= 0.3 is 0 Å². The lowest BCUT2D eigenvalue weighted by atomic mass is 9.97. The molecule has 0 aliphatic rings. The fourth-order valence-corrected chi connectivity index (χ4v) is 2.63. The zero-order chi connectivity index (χ0) is 15.4. The van der Waals surface area contributed by atoms with Gasteiger partial charge in [-0.05, 0) is 56.1 Å². The van der Waals surface area contributed by atoms with Crippen molar-refractivity contribution in [2.75, 3.05) is 13.1 Å². The fraction of sp³-hybridized carbons (Fsp3) is 0.412. The molecule has 2 rings (SSSR count). The van der Waals surface area contributed by atoms with Crippen molar-refractivity contribution in [3.05, 3.63) is 47.0 Å². The number of nitrogens with zero attached hydrogens (tertiary/aromatic N) is 2. The molecule has 0 saturated heterocycles. The largest absolute Gasteiger partial charge is 0.316 e. The lowest BCUT2D eigenvalue weighted by Crippen LogP contribution is -2.21. The Hall–Kier alpha value is -1.81. The predicted octanol–water partition coefficient (Wildman–Crippen LogP) is 3.61. The fourth-order valence-electron chi connectivity index (χ4n) is 2.63. The smallest absolute Gasteiger partial charge is 0.159 e. The molecule has 1 N–H and O–H groups in total. The molecule has 1 heterocycles. The first kappa shape index (κ1) is 15.6. The van der Waals surface area contributed by atoms with Gasteiger partial charge in [0.15, 0.2) is 5.82 Å². The topological polar surface area (TPSA) is 37.8 Å². The van der Waals surface area contributed by atoms with Gasteiger partial charge < -0.3 is 5.32 Å². The van der Waals surface area contributed by atoms with Crippen molar-refractivity contribution in [2.45, 2.75) is 33.6 Å². The van der Waals surface area contributed by atoms with Crippen LogP contribution in [0.1, 0.15) is 36.7 Å². The van der Waals surface area contributed by atoms with Crippen LogP contribution in [-0.4, -0.2) is 23.1 Å². The van der Waals surface area contributed by atoms with Gasteiger partial charge in [-0.25, -0.2) is 14.4 Å². The van der Waals surface area contributed by atoms with Gasteiger partial charge in [0.1, 0.15) is 5.82 Å². The molecule has 112 valence electrons. The van der Waals surface area contributed by atoms with Crippen LogP contribution in [0.25, 0.3) is 11.4 Å². The average Bonchev–Trinajstić information content (AvgIpc) is 2.45. The van der Waals surface area contributed by atoms with Gasteiger partial charge in [-0.15, -0.1) is 0 Å². The average molecular weight is 287 g/mol. The number of halogens is 1. The zero-order valence-electron chi connectivity index (χ0n) is 13.1. The highest BCUT2D eigenvalue weighted by Crippen LogP contribution is 2.24. The quantitative estimate of drug-likeness (QED) is 0.913. The molecule has 1 atom stereocenters. The molecule has 0 saturated carbocycles. The van der Waals surface area contributed by atoms with E-state index >= 15 is 0 Å². The molecule has 1 aromatic carbocycles. The van der Waals surface area contributed by atoms with Crippen LogP contribution in [-0.2, 0) is 0 Å². The second-order valence-corrected chi connectivity index (χ2v) is 5.35. The Kier molecular flexibility index (Phi) is 5.02. The van der Waals surface area contributed by atoms with Crippen LogP contribution in [0.2, 0.25) is 0 Å². The molecule has 4 heteroatoms. The van der Waals surface area contributed by atoms with Crippen molar-refractivity contribution in [3.8, 4) is 11.4 Å². The summed E-state index contributed by atoms with van der Waals surface area (Å²) >= 11 is 0. The highest BCUT2D eigenvalue weighted by Gasteiger charge is 2.15. The summed E-state index contributed by atoms with van der Waals surface area (Å²) in [5.74, 6) is 0.777. The molecule has 2 aromatic rings. The molecule has 0 spiro atoms. The van der Waals surface area contributed by atoms with Crippen LogP contribution < -0.4 is 5.32 Å². The molecule has 0 aliphatic heterocycles. The second-order valence-electron chi connectivity index (χ2n) is 5.35. The maximum absolute atomic E-state index is 13.0. The number of aromatic nitrogens is 2. The summed E-state index contributed by atoms with van der Waals surface area (Å²) in [6, 6.07) is 6.30. The number of rotatable bonds is 5. The van der Waals surface area contributed by atoms with Gasteiger partial charge in [0, 0.05) is 23.5 Å². The SMILES string of the molecule is CCNCC(C)c1c(C)nc(-c2ccc(F)cc2)nc1C. The maximum atomic E-state index is 13.0. The van der Waals surface area contributed by atoms with E-state index in [0.29, 0.717) is 11.7 Å². The van der Waals surface area contributed by atoms with Gasteiger partial charge in [0.05, 0.1) is 0 Å². The van der Waals surface area contributed by atoms with Crippen molar-refractivity contribution in [2.24, 2.45) is 0 Å². The van der Waals surface area contributed by atoms with Crippen molar-refractivity contribution in [3.63, 3.8) is 0 Å². The summed E-state index contributed by atoms with van der Waals surface area (Å²) in [6.07, 6.45) is 0. The number of hydrogen-bond donors (Lipinski definition) is 1. The van der Waals surface area contributed by atoms with Crippen molar-refractivity contribution in [1.29, 1.82) is 0 Å². The Morgan fingerprint density at radius 2 is 1.67 bits per heavy atom. The molecule has 0 amide bonds. The molecule has 0 aliphatic carbocycles. The maximum Gasteiger partial charge on any atom is 0.159 e. The summed E-state index contributed by atoms with van der Waals surface area (Å²) in [5.41, 5.74) is 4.02. The highest BCUT2D eigenvalue weighted by molar-refractivity contribution is 5.55. The van der Waals surface area contributed by atoms with E-state index in [1.54, 1.807) is 12.1 Å². The van der Waals surface area contributed by atoms with E-state index in [2.05, 4.69) is 29.1 Å². The van der Waals surface area contributed by atoms with Crippen LogP contribution in [0.15, 0.2) is 24.3 Å². The minimum Gasteiger partial charge on any atom is -0.316 e. The predicted molar refractivity (Wildman–Crippen MR) is 83.9 cm³/mol. The Bertz CT molecular complexity index is 585. The van der Waals surface area contributed by atoms with Gasteiger partial charge in [0.25, 0.3) is 0 Å². The molecule has 0 bridgehead atoms. The molecular formula is C17H22FN3. The Morgan fingerprint density at radius 1 is 1.10 bits per heavy atom. The lowest BCUT2D eigenvalue weighted by Gasteiger charge is -2.17. The first-order valence-electron chi connectivity index (χ1n) is 7.34. The normalized spacial score (nSPS) is 12.4. The first-order chi connectivity index (χ1) is 10.0. The van der Waals surface area contributed by atoms with Crippen LogP contribution in [0.3, 0.4) is 0 Å². The zero-order valence-corrected chi connectivity index (χ0v) is 13.1. The number of likely N-dealkylation sites (N-methyl/N-ethyl adjacent to an activating group) is 1. The third kappa shape index (κ3) is 3.64. The molecule has 21 heavy (non-hydrogen) atoms. The monoisotopic (exact) mass is 287 g/mol. The van der Waals surface area contributed by atoms with E-state index in [4.69, 9.17) is 0 Å². The van der Waals surface area contributed by atoms with Gasteiger partial charge in [0.2, 0.25) is 0 Å². The van der Waals surface area contributed by atoms with Crippen molar-refractivity contribution >= 4 is 0 Å². The van der Waals surface area contributed by atoms with E-state index in [9.17, 15) is 4.39 Å². The van der Waals surface area contributed by atoms with Crippen molar-refractivity contribution in [1.82, 2.24) is 15.3 Å². The summed E-state index contributed by atoms with van der Waals surface area (Å²) < 4.78 is 13.0. The molecule has 1 aromatic heterocycles. The number of hydrogen-bond acceptors (Lipinski definition) is 3. The summed E-state index contributed by atoms with van der Waals surface area (Å²) in [5, 5.41) is 3.36. The number of benzene rings is 1. The van der Waals surface area contributed by atoms with Gasteiger partial charge in [-0.3, -0.25) is 0 Å². The second kappa shape index (κ2) is 6.76.